The van der Waals surface area contributed by atoms with Gasteiger partial charge in [0, 0.05) is 30.9 Å². The van der Waals surface area contributed by atoms with E-state index in [4.69, 9.17) is 0 Å². The van der Waals surface area contributed by atoms with Crippen molar-refractivity contribution in [2.24, 2.45) is 5.92 Å². The molecule has 0 amide bonds. The maximum absolute atomic E-state index is 11.7. The molecule has 1 aliphatic heterocycles. The quantitative estimate of drug-likeness (QED) is 0.775. The van der Waals surface area contributed by atoms with Crippen molar-refractivity contribution in [3.63, 3.8) is 0 Å². The fourth-order valence-corrected chi connectivity index (χ4v) is 3.66. The van der Waals surface area contributed by atoms with Gasteiger partial charge in [0.2, 0.25) is 0 Å². The Bertz CT molecular complexity index is 859. The average molecular weight is 321 g/mol. The first-order chi connectivity index (χ1) is 11.7. The first-order valence-corrected chi connectivity index (χ1v) is 8.14. The number of H-pyrrole nitrogens is 1. The molecule has 0 aliphatic carbocycles. The van der Waals surface area contributed by atoms with E-state index in [2.05, 4.69) is 15.1 Å². The number of aromatic amines is 1. The van der Waals surface area contributed by atoms with Crippen molar-refractivity contribution in [1.82, 2.24) is 15.1 Å². The van der Waals surface area contributed by atoms with Crippen LogP contribution in [0.2, 0.25) is 0 Å². The average Bonchev–Trinajstić information content (AvgIpc) is 3.21. The molecule has 5 nitrogen and oxygen atoms in total. The van der Waals surface area contributed by atoms with Crippen LogP contribution in [-0.4, -0.2) is 39.3 Å². The highest BCUT2D eigenvalue weighted by atomic mass is 16.4. The van der Waals surface area contributed by atoms with Crippen LogP contribution < -0.4 is 0 Å². The first kappa shape index (κ1) is 14.9. The molecule has 1 aliphatic rings. The van der Waals surface area contributed by atoms with E-state index in [9.17, 15) is 9.90 Å². The Morgan fingerprint density at radius 3 is 2.67 bits per heavy atom. The molecule has 0 unspecified atom stereocenters. The number of hydrogen-bond acceptors (Lipinski definition) is 3. The SMILES string of the molecule is O=C(O)[C@@H]1CN(Cc2[nH]nc3ccccc23)C[C@@H]1c1ccccc1. The predicted molar refractivity (Wildman–Crippen MR) is 91.7 cm³/mol. The molecule has 0 bridgehead atoms. The number of carboxylic acids is 1. The van der Waals surface area contributed by atoms with E-state index in [1.807, 2.05) is 54.6 Å². The van der Waals surface area contributed by atoms with Crippen LogP contribution in [0.1, 0.15) is 17.2 Å². The summed E-state index contributed by atoms with van der Waals surface area (Å²) >= 11 is 0. The zero-order valence-corrected chi connectivity index (χ0v) is 13.2. The zero-order valence-electron chi connectivity index (χ0n) is 13.2. The molecule has 4 rings (SSSR count). The van der Waals surface area contributed by atoms with Crippen LogP contribution >= 0.6 is 0 Å². The molecular weight excluding hydrogens is 302 g/mol. The van der Waals surface area contributed by atoms with Gasteiger partial charge in [-0.25, -0.2) is 0 Å². The summed E-state index contributed by atoms with van der Waals surface area (Å²) < 4.78 is 0. The van der Waals surface area contributed by atoms with Crippen LogP contribution in [-0.2, 0) is 11.3 Å². The van der Waals surface area contributed by atoms with Gasteiger partial charge in [0.1, 0.15) is 0 Å². The number of carboxylic acid groups (broad SMARTS) is 1. The maximum Gasteiger partial charge on any atom is 0.308 e. The van der Waals surface area contributed by atoms with Crippen molar-refractivity contribution in [2.75, 3.05) is 13.1 Å². The minimum absolute atomic E-state index is 0.0258. The number of hydrogen-bond donors (Lipinski definition) is 2. The van der Waals surface area contributed by atoms with E-state index in [-0.39, 0.29) is 11.8 Å². The molecule has 5 heteroatoms. The van der Waals surface area contributed by atoms with Crippen LogP contribution in [0, 0.1) is 5.92 Å². The Hall–Kier alpha value is -2.66. The third kappa shape index (κ3) is 2.67. The van der Waals surface area contributed by atoms with Crippen molar-refractivity contribution in [1.29, 1.82) is 0 Å². The van der Waals surface area contributed by atoms with Gasteiger partial charge in [-0.3, -0.25) is 14.8 Å². The fraction of sp³-hybridized carbons (Fsp3) is 0.263. The number of nitrogens with one attached hydrogen (secondary N) is 1. The minimum Gasteiger partial charge on any atom is -0.481 e. The lowest BCUT2D eigenvalue weighted by Crippen LogP contribution is -2.23. The molecule has 2 heterocycles. The molecule has 2 atom stereocenters. The van der Waals surface area contributed by atoms with Crippen molar-refractivity contribution >= 4 is 16.9 Å². The molecule has 0 saturated carbocycles. The van der Waals surface area contributed by atoms with Gasteiger partial charge in [0.05, 0.1) is 17.1 Å². The summed E-state index contributed by atoms with van der Waals surface area (Å²) in [5.74, 6) is -1.07. The van der Waals surface area contributed by atoms with Gasteiger partial charge in [0.15, 0.2) is 0 Å². The zero-order chi connectivity index (χ0) is 16.5. The summed E-state index contributed by atoms with van der Waals surface area (Å²) in [6.45, 7) is 1.99. The van der Waals surface area contributed by atoms with Crippen molar-refractivity contribution < 1.29 is 9.90 Å². The molecule has 3 aromatic rings. The highest BCUT2D eigenvalue weighted by Gasteiger charge is 2.38. The topological polar surface area (TPSA) is 69.2 Å². The third-order valence-electron chi connectivity index (χ3n) is 4.86. The van der Waals surface area contributed by atoms with Crippen LogP contribution in [0.4, 0.5) is 0 Å². The smallest absolute Gasteiger partial charge is 0.308 e. The monoisotopic (exact) mass is 321 g/mol. The lowest BCUT2D eigenvalue weighted by molar-refractivity contribution is -0.141. The summed E-state index contributed by atoms with van der Waals surface area (Å²) in [4.78, 5) is 13.9. The summed E-state index contributed by atoms with van der Waals surface area (Å²) in [6, 6.07) is 17.9. The van der Waals surface area contributed by atoms with Gasteiger partial charge in [-0.1, -0.05) is 48.5 Å². The number of carbonyl (C=O) groups is 1. The van der Waals surface area contributed by atoms with Gasteiger partial charge in [-0.05, 0) is 11.6 Å². The summed E-state index contributed by atoms with van der Waals surface area (Å²) in [7, 11) is 0. The van der Waals surface area contributed by atoms with E-state index in [1.165, 1.54) is 0 Å². The Balaban J connectivity index is 1.58. The van der Waals surface area contributed by atoms with Gasteiger partial charge in [-0.2, -0.15) is 5.10 Å². The van der Waals surface area contributed by atoms with Gasteiger partial charge >= 0.3 is 5.97 Å². The second-order valence-electron chi connectivity index (χ2n) is 6.38. The maximum atomic E-state index is 11.7. The van der Waals surface area contributed by atoms with E-state index in [0.29, 0.717) is 13.1 Å². The van der Waals surface area contributed by atoms with Crippen LogP contribution in [0.25, 0.3) is 10.9 Å². The number of benzene rings is 2. The highest BCUT2D eigenvalue weighted by molar-refractivity contribution is 5.81. The molecule has 0 radical (unpaired) electrons. The van der Waals surface area contributed by atoms with Crippen molar-refractivity contribution in [3.8, 4) is 0 Å². The van der Waals surface area contributed by atoms with Gasteiger partial charge in [-0.15, -0.1) is 0 Å². The molecular formula is C19H19N3O2. The second-order valence-corrected chi connectivity index (χ2v) is 6.38. The molecule has 122 valence electrons. The number of aliphatic carboxylic acids is 1. The Labute approximate surface area is 139 Å². The highest BCUT2D eigenvalue weighted by Crippen LogP contribution is 2.34. The first-order valence-electron chi connectivity index (χ1n) is 8.14. The third-order valence-corrected chi connectivity index (χ3v) is 4.86. The molecule has 1 fully saturated rings. The minimum atomic E-state index is -0.721. The second kappa shape index (κ2) is 6.09. The van der Waals surface area contributed by atoms with Gasteiger partial charge < -0.3 is 5.11 Å². The summed E-state index contributed by atoms with van der Waals surface area (Å²) in [6.07, 6.45) is 0. The fourth-order valence-electron chi connectivity index (χ4n) is 3.66. The molecule has 2 N–H and O–H groups in total. The van der Waals surface area contributed by atoms with Crippen molar-refractivity contribution in [3.05, 3.63) is 65.9 Å². The van der Waals surface area contributed by atoms with E-state index in [0.717, 1.165) is 28.7 Å². The normalized spacial score (nSPS) is 21.3. The molecule has 24 heavy (non-hydrogen) atoms. The van der Waals surface area contributed by atoms with E-state index < -0.39 is 5.97 Å². The largest absolute Gasteiger partial charge is 0.481 e. The van der Waals surface area contributed by atoms with Crippen LogP contribution in [0.5, 0.6) is 0 Å². The lowest BCUT2D eigenvalue weighted by Gasteiger charge is -2.15. The van der Waals surface area contributed by atoms with Crippen LogP contribution in [0.3, 0.4) is 0 Å². The standard InChI is InChI=1S/C19H19N3O2/c23-19(24)16-11-22(10-15(16)13-6-2-1-3-7-13)12-18-14-8-4-5-9-17(14)20-21-18/h1-9,15-16H,10-12H2,(H,20,21)(H,23,24)/t15-,16-/m1/s1. The van der Waals surface area contributed by atoms with E-state index in [1.54, 1.807) is 0 Å². The molecule has 1 saturated heterocycles. The molecule has 1 aromatic heterocycles. The number of aromatic nitrogens is 2. The summed E-state index contributed by atoms with van der Waals surface area (Å²) in [5, 5.41) is 18.1. The Morgan fingerprint density at radius 2 is 1.88 bits per heavy atom. The Morgan fingerprint density at radius 1 is 1.12 bits per heavy atom. The number of likely N-dealkylation sites (tertiary alicyclic amines) is 1. The van der Waals surface area contributed by atoms with Crippen molar-refractivity contribution in [2.45, 2.75) is 12.5 Å². The van der Waals surface area contributed by atoms with E-state index >= 15 is 0 Å². The summed E-state index contributed by atoms with van der Waals surface area (Å²) in [5.41, 5.74) is 3.09. The number of rotatable bonds is 4. The number of nitrogens with zero attached hydrogens (tertiary/aromatic N) is 2. The Kier molecular flexibility index (Phi) is 3.78. The lowest BCUT2D eigenvalue weighted by atomic mass is 9.89. The molecule has 2 aromatic carbocycles. The predicted octanol–water partition coefficient (Wildman–Crippen LogP) is 2.86. The number of para-hydroxylation sites is 1. The van der Waals surface area contributed by atoms with Gasteiger partial charge in [0.25, 0.3) is 0 Å². The molecule has 0 spiro atoms. The number of fused-ring (bicyclic) bond motifs is 1. The van der Waals surface area contributed by atoms with Crippen LogP contribution in [0.15, 0.2) is 54.6 Å².